The average molecular weight is 397 g/mol. The monoisotopic (exact) mass is 397 g/mol. The molecule has 1 unspecified atom stereocenters. The van der Waals surface area contributed by atoms with Crippen LogP contribution in [-0.4, -0.2) is 53.8 Å². The molecular weight excluding hydrogens is 370 g/mol. The minimum atomic E-state index is -1.11. The first-order valence-electron chi connectivity index (χ1n) is 10.1. The van der Waals surface area contributed by atoms with Gasteiger partial charge in [0.05, 0.1) is 5.92 Å². The van der Waals surface area contributed by atoms with Gasteiger partial charge in [0.2, 0.25) is 0 Å². The standard InChI is InChI=1S/C23H27NO5/c1-22(2,29-19-9-5-7-16-6-3-4-8-17(16)19)21(27)24-14-18(20(25)26)23(15-24)10-12-28-13-11-23/h3-9,18H,10-15H2,1-2H3,(H,25,26). The van der Waals surface area contributed by atoms with Crippen LogP contribution in [0.1, 0.15) is 26.7 Å². The van der Waals surface area contributed by atoms with Gasteiger partial charge in [-0.2, -0.15) is 0 Å². The van der Waals surface area contributed by atoms with E-state index >= 15 is 0 Å². The number of carbonyl (C=O) groups excluding carboxylic acids is 1. The van der Waals surface area contributed by atoms with E-state index in [-0.39, 0.29) is 12.5 Å². The van der Waals surface area contributed by atoms with Crippen molar-refractivity contribution in [1.29, 1.82) is 0 Å². The zero-order valence-electron chi connectivity index (χ0n) is 16.9. The van der Waals surface area contributed by atoms with E-state index in [0.717, 1.165) is 10.8 Å². The van der Waals surface area contributed by atoms with E-state index in [1.165, 1.54) is 0 Å². The largest absolute Gasteiger partial charge is 0.481 e. The smallest absolute Gasteiger partial charge is 0.308 e. The number of hydrogen-bond donors (Lipinski definition) is 1. The molecule has 154 valence electrons. The van der Waals surface area contributed by atoms with Crippen molar-refractivity contribution >= 4 is 22.6 Å². The van der Waals surface area contributed by atoms with Crippen molar-refractivity contribution < 1.29 is 24.2 Å². The third-order valence-corrected chi connectivity index (χ3v) is 6.35. The summed E-state index contributed by atoms with van der Waals surface area (Å²) in [4.78, 5) is 27.0. The van der Waals surface area contributed by atoms with Gasteiger partial charge in [-0.25, -0.2) is 0 Å². The van der Waals surface area contributed by atoms with E-state index < -0.39 is 22.9 Å². The van der Waals surface area contributed by atoms with Gasteiger partial charge >= 0.3 is 5.97 Å². The number of rotatable bonds is 4. The van der Waals surface area contributed by atoms with E-state index in [1.807, 2.05) is 42.5 Å². The van der Waals surface area contributed by atoms with E-state index in [1.54, 1.807) is 18.7 Å². The highest BCUT2D eigenvalue weighted by Crippen LogP contribution is 2.45. The first-order chi connectivity index (χ1) is 13.8. The Bertz CT molecular complexity index is 927. The van der Waals surface area contributed by atoms with Gasteiger partial charge < -0.3 is 19.5 Å². The molecule has 0 aliphatic carbocycles. The minimum absolute atomic E-state index is 0.181. The lowest BCUT2D eigenvalue weighted by atomic mass is 9.72. The molecule has 1 atom stereocenters. The zero-order chi connectivity index (χ0) is 20.6. The van der Waals surface area contributed by atoms with Crippen molar-refractivity contribution in [2.75, 3.05) is 26.3 Å². The predicted octanol–water partition coefficient (Wildman–Crippen LogP) is 3.34. The van der Waals surface area contributed by atoms with E-state index in [9.17, 15) is 14.7 Å². The van der Waals surface area contributed by atoms with Gasteiger partial charge in [0, 0.05) is 37.1 Å². The fraction of sp³-hybridized carbons (Fsp3) is 0.478. The fourth-order valence-electron chi connectivity index (χ4n) is 4.73. The fourth-order valence-corrected chi connectivity index (χ4v) is 4.73. The molecule has 6 nitrogen and oxygen atoms in total. The maximum atomic E-state index is 13.4. The second-order valence-electron chi connectivity index (χ2n) is 8.64. The molecule has 1 spiro atoms. The molecule has 1 amide bonds. The lowest BCUT2D eigenvalue weighted by Gasteiger charge is -2.36. The lowest BCUT2D eigenvalue weighted by Crippen LogP contribution is -2.49. The van der Waals surface area contributed by atoms with Crippen molar-refractivity contribution in [1.82, 2.24) is 4.90 Å². The number of likely N-dealkylation sites (tertiary alicyclic amines) is 1. The maximum absolute atomic E-state index is 13.4. The lowest BCUT2D eigenvalue weighted by molar-refractivity contribution is -0.147. The molecular formula is C23H27NO5. The predicted molar refractivity (Wildman–Crippen MR) is 109 cm³/mol. The molecule has 0 saturated carbocycles. The molecule has 0 bridgehead atoms. The summed E-state index contributed by atoms with van der Waals surface area (Å²) < 4.78 is 11.6. The van der Waals surface area contributed by atoms with E-state index in [4.69, 9.17) is 9.47 Å². The molecule has 2 aromatic rings. The molecule has 2 aliphatic heterocycles. The van der Waals surface area contributed by atoms with Gasteiger partial charge in [-0.3, -0.25) is 9.59 Å². The number of amides is 1. The van der Waals surface area contributed by atoms with Gasteiger partial charge in [0.1, 0.15) is 5.75 Å². The van der Waals surface area contributed by atoms with Crippen LogP contribution >= 0.6 is 0 Å². The first kappa shape index (κ1) is 19.7. The number of aliphatic carboxylic acids is 1. The summed E-state index contributed by atoms with van der Waals surface area (Å²) >= 11 is 0. The molecule has 6 heteroatoms. The first-order valence-corrected chi connectivity index (χ1v) is 10.1. The number of fused-ring (bicyclic) bond motifs is 1. The van der Waals surface area contributed by atoms with E-state index in [0.29, 0.717) is 38.3 Å². The van der Waals surface area contributed by atoms with Crippen LogP contribution < -0.4 is 4.74 Å². The normalized spacial score (nSPS) is 21.4. The van der Waals surface area contributed by atoms with Gasteiger partial charge in [-0.15, -0.1) is 0 Å². The van der Waals surface area contributed by atoms with Crippen molar-refractivity contribution in [3.63, 3.8) is 0 Å². The quantitative estimate of drug-likeness (QED) is 0.856. The highest BCUT2D eigenvalue weighted by molar-refractivity contribution is 5.90. The van der Waals surface area contributed by atoms with Crippen LogP contribution in [0.25, 0.3) is 10.8 Å². The Morgan fingerprint density at radius 2 is 1.83 bits per heavy atom. The third kappa shape index (κ3) is 3.57. The third-order valence-electron chi connectivity index (χ3n) is 6.35. The van der Waals surface area contributed by atoms with Gasteiger partial charge in [0.25, 0.3) is 5.91 Å². The van der Waals surface area contributed by atoms with Gasteiger partial charge in [-0.1, -0.05) is 36.4 Å². The van der Waals surface area contributed by atoms with Gasteiger partial charge in [0.15, 0.2) is 5.60 Å². The van der Waals surface area contributed by atoms with Crippen molar-refractivity contribution in [2.24, 2.45) is 11.3 Å². The highest BCUT2D eigenvalue weighted by Gasteiger charge is 2.53. The summed E-state index contributed by atoms with van der Waals surface area (Å²) in [5.41, 5.74) is -1.51. The number of benzene rings is 2. The van der Waals surface area contributed by atoms with Crippen molar-refractivity contribution in [3.05, 3.63) is 42.5 Å². The van der Waals surface area contributed by atoms with Crippen LogP contribution in [0.3, 0.4) is 0 Å². The summed E-state index contributed by atoms with van der Waals surface area (Å²) in [5.74, 6) is -0.935. The summed E-state index contributed by atoms with van der Waals surface area (Å²) in [6, 6.07) is 13.7. The second-order valence-corrected chi connectivity index (χ2v) is 8.64. The molecule has 2 saturated heterocycles. The van der Waals surface area contributed by atoms with Crippen LogP contribution in [0.5, 0.6) is 5.75 Å². The molecule has 2 aliphatic rings. The van der Waals surface area contributed by atoms with Crippen molar-refractivity contribution in [3.8, 4) is 5.75 Å². The zero-order valence-corrected chi connectivity index (χ0v) is 16.9. The summed E-state index contributed by atoms with van der Waals surface area (Å²) in [6.45, 7) is 5.25. The Balaban J connectivity index is 1.57. The number of hydrogen-bond acceptors (Lipinski definition) is 4. The van der Waals surface area contributed by atoms with Crippen molar-refractivity contribution in [2.45, 2.75) is 32.3 Å². The topological polar surface area (TPSA) is 76.1 Å². The van der Waals surface area contributed by atoms with Crippen LogP contribution in [0.4, 0.5) is 0 Å². The van der Waals surface area contributed by atoms with Gasteiger partial charge in [-0.05, 0) is 38.1 Å². The number of carbonyl (C=O) groups is 2. The minimum Gasteiger partial charge on any atom is -0.481 e. The average Bonchev–Trinajstić information content (AvgIpc) is 3.06. The summed E-state index contributed by atoms with van der Waals surface area (Å²) in [5, 5.41) is 11.8. The molecule has 0 aromatic heterocycles. The SMILES string of the molecule is CC(C)(Oc1cccc2ccccc12)C(=O)N1CC(C(=O)O)C2(CCOCC2)C1. The molecule has 1 N–H and O–H groups in total. The Morgan fingerprint density at radius 3 is 2.55 bits per heavy atom. The summed E-state index contributed by atoms with van der Waals surface area (Å²) in [7, 11) is 0. The Labute approximate surface area is 170 Å². The maximum Gasteiger partial charge on any atom is 0.308 e. The van der Waals surface area contributed by atoms with Crippen LogP contribution in [0.15, 0.2) is 42.5 Å². The summed E-state index contributed by atoms with van der Waals surface area (Å²) in [6.07, 6.45) is 1.33. The van der Waals surface area contributed by atoms with Crippen LogP contribution in [0, 0.1) is 11.3 Å². The molecule has 2 fully saturated rings. The van der Waals surface area contributed by atoms with Crippen LogP contribution in [-0.2, 0) is 14.3 Å². The highest BCUT2D eigenvalue weighted by atomic mass is 16.5. The molecule has 29 heavy (non-hydrogen) atoms. The number of carboxylic acid groups (broad SMARTS) is 1. The molecule has 2 heterocycles. The number of carboxylic acids is 1. The number of nitrogens with zero attached hydrogens (tertiary/aromatic N) is 1. The van der Waals surface area contributed by atoms with Crippen LogP contribution in [0.2, 0.25) is 0 Å². The number of ether oxygens (including phenoxy) is 2. The van der Waals surface area contributed by atoms with E-state index in [2.05, 4.69) is 0 Å². The molecule has 2 aromatic carbocycles. The second kappa shape index (κ2) is 7.34. The Morgan fingerprint density at radius 1 is 1.14 bits per heavy atom. The molecule has 4 rings (SSSR count). The molecule has 0 radical (unpaired) electrons. The Kier molecular flexibility index (Phi) is 4.99. The Hall–Kier alpha value is -2.60.